The van der Waals surface area contributed by atoms with E-state index in [4.69, 9.17) is 0 Å². The molecular weight excluding hydrogens is 264 g/mol. The molecule has 1 aromatic rings. The number of hydrogen-bond donors (Lipinski definition) is 1. The second-order valence-electron chi connectivity index (χ2n) is 6.67. The van der Waals surface area contributed by atoms with E-state index in [1.807, 2.05) is 45.0 Å². The SMILES string of the molecule is CCc1ccccc1N1C(=O)C(C(C)(C)C)NC(=O)C1C. The van der Waals surface area contributed by atoms with E-state index in [-0.39, 0.29) is 17.2 Å². The van der Waals surface area contributed by atoms with Crippen molar-refractivity contribution in [2.75, 3.05) is 4.90 Å². The first-order chi connectivity index (χ1) is 9.77. The van der Waals surface area contributed by atoms with Crippen LogP contribution < -0.4 is 10.2 Å². The van der Waals surface area contributed by atoms with Crippen molar-refractivity contribution in [3.63, 3.8) is 0 Å². The predicted octanol–water partition coefficient (Wildman–Crippen LogP) is 2.52. The van der Waals surface area contributed by atoms with Gasteiger partial charge in [0.2, 0.25) is 5.91 Å². The van der Waals surface area contributed by atoms with Crippen LogP contribution in [0.2, 0.25) is 0 Å². The van der Waals surface area contributed by atoms with Gasteiger partial charge in [-0.2, -0.15) is 0 Å². The van der Waals surface area contributed by atoms with E-state index < -0.39 is 12.1 Å². The Morgan fingerprint density at radius 1 is 1.19 bits per heavy atom. The molecule has 2 amide bonds. The Morgan fingerprint density at radius 3 is 2.38 bits per heavy atom. The Balaban J connectivity index is 2.49. The molecule has 2 unspecified atom stereocenters. The van der Waals surface area contributed by atoms with Gasteiger partial charge in [-0.05, 0) is 30.4 Å². The molecule has 1 heterocycles. The molecule has 1 saturated heterocycles. The molecule has 4 heteroatoms. The largest absolute Gasteiger partial charge is 0.342 e. The van der Waals surface area contributed by atoms with Gasteiger partial charge < -0.3 is 5.32 Å². The first kappa shape index (κ1) is 15.5. The van der Waals surface area contributed by atoms with Crippen LogP contribution in [0, 0.1) is 5.41 Å². The average molecular weight is 288 g/mol. The minimum Gasteiger partial charge on any atom is -0.342 e. The molecule has 21 heavy (non-hydrogen) atoms. The molecule has 0 aromatic heterocycles. The van der Waals surface area contributed by atoms with E-state index in [2.05, 4.69) is 12.2 Å². The van der Waals surface area contributed by atoms with Crippen molar-refractivity contribution in [3.8, 4) is 0 Å². The standard InChI is InChI=1S/C17H24N2O2/c1-6-12-9-7-8-10-13(12)19-11(2)15(20)18-14(16(19)21)17(3,4)5/h7-11,14H,6H2,1-5H3,(H,18,20). The zero-order chi connectivity index (χ0) is 15.8. The first-order valence-electron chi connectivity index (χ1n) is 7.48. The molecule has 0 bridgehead atoms. The van der Waals surface area contributed by atoms with Crippen molar-refractivity contribution in [1.82, 2.24) is 5.32 Å². The molecule has 1 aliphatic rings. The van der Waals surface area contributed by atoms with Crippen LogP contribution >= 0.6 is 0 Å². The van der Waals surface area contributed by atoms with Crippen LogP contribution in [0.3, 0.4) is 0 Å². The molecule has 1 N–H and O–H groups in total. The fraction of sp³-hybridized carbons (Fsp3) is 0.529. The van der Waals surface area contributed by atoms with Crippen LogP contribution in [0.5, 0.6) is 0 Å². The molecule has 0 saturated carbocycles. The van der Waals surface area contributed by atoms with E-state index in [0.29, 0.717) is 0 Å². The molecular formula is C17H24N2O2. The predicted molar refractivity (Wildman–Crippen MR) is 84.2 cm³/mol. The number of carbonyl (C=O) groups is 2. The molecule has 2 atom stereocenters. The minimum atomic E-state index is -0.494. The van der Waals surface area contributed by atoms with E-state index in [1.165, 1.54) is 0 Å². The molecule has 114 valence electrons. The quantitative estimate of drug-likeness (QED) is 0.909. The van der Waals surface area contributed by atoms with Crippen molar-refractivity contribution < 1.29 is 9.59 Å². The van der Waals surface area contributed by atoms with Gasteiger partial charge >= 0.3 is 0 Å². The summed E-state index contributed by atoms with van der Waals surface area (Å²) >= 11 is 0. The summed E-state index contributed by atoms with van der Waals surface area (Å²) in [4.78, 5) is 26.8. The molecule has 2 rings (SSSR count). The average Bonchev–Trinajstić information content (AvgIpc) is 2.42. The highest BCUT2D eigenvalue weighted by Crippen LogP contribution is 2.30. The van der Waals surface area contributed by atoms with Gasteiger partial charge in [-0.3, -0.25) is 14.5 Å². The maximum absolute atomic E-state index is 12.9. The molecule has 0 radical (unpaired) electrons. The third-order valence-corrected chi connectivity index (χ3v) is 4.04. The number of anilines is 1. The number of nitrogens with zero attached hydrogens (tertiary/aromatic N) is 1. The molecule has 1 aliphatic heterocycles. The lowest BCUT2D eigenvalue weighted by Crippen LogP contribution is -2.66. The van der Waals surface area contributed by atoms with Crippen molar-refractivity contribution in [2.45, 2.75) is 53.1 Å². The Labute approximate surface area is 126 Å². The number of nitrogens with one attached hydrogen (secondary N) is 1. The number of para-hydroxylation sites is 1. The zero-order valence-electron chi connectivity index (χ0n) is 13.4. The van der Waals surface area contributed by atoms with Crippen LogP contribution in [0.25, 0.3) is 0 Å². The summed E-state index contributed by atoms with van der Waals surface area (Å²) in [5.74, 6) is -0.129. The van der Waals surface area contributed by atoms with Gasteiger partial charge in [-0.15, -0.1) is 0 Å². The lowest BCUT2D eigenvalue weighted by atomic mass is 9.83. The molecule has 0 spiro atoms. The summed E-state index contributed by atoms with van der Waals surface area (Å²) in [5, 5.41) is 2.86. The van der Waals surface area contributed by atoms with Crippen molar-refractivity contribution in [1.29, 1.82) is 0 Å². The van der Waals surface area contributed by atoms with Crippen LogP contribution in [0.4, 0.5) is 5.69 Å². The number of amides is 2. The second-order valence-corrected chi connectivity index (χ2v) is 6.67. The summed E-state index contributed by atoms with van der Waals surface area (Å²) in [5.41, 5.74) is 1.62. The van der Waals surface area contributed by atoms with Crippen LogP contribution in [-0.4, -0.2) is 23.9 Å². The van der Waals surface area contributed by atoms with Gasteiger partial charge in [0.15, 0.2) is 0 Å². The van der Waals surface area contributed by atoms with Crippen LogP contribution in [0.15, 0.2) is 24.3 Å². The number of rotatable bonds is 2. The molecule has 0 aliphatic carbocycles. The first-order valence-corrected chi connectivity index (χ1v) is 7.48. The zero-order valence-corrected chi connectivity index (χ0v) is 13.4. The second kappa shape index (κ2) is 5.51. The molecule has 1 fully saturated rings. The Kier molecular flexibility index (Phi) is 4.08. The number of benzene rings is 1. The third-order valence-electron chi connectivity index (χ3n) is 4.04. The fourth-order valence-corrected chi connectivity index (χ4v) is 2.73. The molecule has 4 nitrogen and oxygen atoms in total. The van der Waals surface area contributed by atoms with Crippen molar-refractivity contribution in [2.24, 2.45) is 5.41 Å². The van der Waals surface area contributed by atoms with Crippen molar-refractivity contribution >= 4 is 17.5 Å². The van der Waals surface area contributed by atoms with Gasteiger partial charge in [0.05, 0.1) is 0 Å². The number of piperazine rings is 1. The topological polar surface area (TPSA) is 49.4 Å². The smallest absolute Gasteiger partial charge is 0.250 e. The Hall–Kier alpha value is -1.84. The summed E-state index contributed by atoms with van der Waals surface area (Å²) in [6, 6.07) is 6.82. The lowest BCUT2D eigenvalue weighted by Gasteiger charge is -2.42. The monoisotopic (exact) mass is 288 g/mol. The van der Waals surface area contributed by atoms with E-state index in [1.54, 1.807) is 11.8 Å². The fourth-order valence-electron chi connectivity index (χ4n) is 2.73. The Morgan fingerprint density at radius 2 is 1.81 bits per heavy atom. The number of carbonyl (C=O) groups excluding carboxylic acids is 2. The number of aryl methyl sites for hydroxylation is 1. The van der Waals surface area contributed by atoms with E-state index in [0.717, 1.165) is 17.7 Å². The normalized spacial score (nSPS) is 23.2. The van der Waals surface area contributed by atoms with Gasteiger partial charge in [0.25, 0.3) is 5.91 Å². The number of hydrogen-bond acceptors (Lipinski definition) is 2. The van der Waals surface area contributed by atoms with Crippen molar-refractivity contribution in [3.05, 3.63) is 29.8 Å². The van der Waals surface area contributed by atoms with Crippen LogP contribution in [-0.2, 0) is 16.0 Å². The minimum absolute atomic E-state index is 0.0319. The highest BCUT2D eigenvalue weighted by Gasteiger charge is 2.44. The highest BCUT2D eigenvalue weighted by atomic mass is 16.2. The van der Waals surface area contributed by atoms with Crippen LogP contribution in [0.1, 0.15) is 40.2 Å². The Bertz CT molecular complexity index is 560. The highest BCUT2D eigenvalue weighted by molar-refractivity contribution is 6.08. The van der Waals surface area contributed by atoms with Gasteiger partial charge in [-0.25, -0.2) is 0 Å². The maximum atomic E-state index is 12.9. The maximum Gasteiger partial charge on any atom is 0.250 e. The molecule has 1 aromatic carbocycles. The summed E-state index contributed by atoms with van der Waals surface area (Å²) in [6.07, 6.45) is 0.828. The van der Waals surface area contributed by atoms with E-state index in [9.17, 15) is 9.59 Å². The summed E-state index contributed by atoms with van der Waals surface area (Å²) in [6.45, 7) is 9.74. The van der Waals surface area contributed by atoms with E-state index >= 15 is 0 Å². The van der Waals surface area contributed by atoms with Gasteiger partial charge in [0, 0.05) is 5.69 Å². The summed E-state index contributed by atoms with van der Waals surface area (Å²) in [7, 11) is 0. The third kappa shape index (κ3) is 2.80. The van der Waals surface area contributed by atoms with Gasteiger partial charge in [-0.1, -0.05) is 45.9 Å². The summed E-state index contributed by atoms with van der Waals surface area (Å²) < 4.78 is 0. The lowest BCUT2D eigenvalue weighted by molar-refractivity contribution is -0.136. The van der Waals surface area contributed by atoms with Gasteiger partial charge in [0.1, 0.15) is 12.1 Å².